The summed E-state index contributed by atoms with van der Waals surface area (Å²) in [5.74, 6) is 0.357. The Bertz CT molecular complexity index is 1690. The number of para-hydroxylation sites is 1. The highest BCUT2D eigenvalue weighted by atomic mass is 127. The van der Waals surface area contributed by atoms with Crippen molar-refractivity contribution in [1.29, 1.82) is 0 Å². The van der Waals surface area contributed by atoms with Gasteiger partial charge in [-0.15, -0.1) is 0 Å². The van der Waals surface area contributed by atoms with Crippen molar-refractivity contribution < 1.29 is 9.53 Å². The summed E-state index contributed by atoms with van der Waals surface area (Å²) in [7, 11) is 0. The average molecular weight is 731 g/mol. The smallest absolute Gasteiger partial charge is 0.272 e. The number of pyridine rings is 1. The van der Waals surface area contributed by atoms with Crippen molar-refractivity contribution in [2.24, 2.45) is 5.10 Å². The highest BCUT2D eigenvalue weighted by molar-refractivity contribution is 14.1. The number of hydrazone groups is 1. The maximum absolute atomic E-state index is 13.2. The number of benzene rings is 4. The second-order valence-corrected chi connectivity index (χ2v) is 11.3. The van der Waals surface area contributed by atoms with Gasteiger partial charge in [-0.2, -0.15) is 5.10 Å². The van der Waals surface area contributed by atoms with Crippen LogP contribution in [0.15, 0.2) is 101 Å². The first-order valence-electron chi connectivity index (χ1n) is 11.7. The number of aromatic nitrogens is 1. The molecule has 1 N–H and O–H groups in total. The molecule has 0 spiro atoms. The minimum absolute atomic E-state index is 0.291. The molecule has 5 rings (SSSR count). The SMILES string of the molecule is O=C(N/N=C/c1cc(Br)c(OCc2ccc(Cl)cc2Cl)c(I)c1)c1cc(-c2ccccc2)nc2ccccc12. The van der Waals surface area contributed by atoms with Gasteiger partial charge in [0.1, 0.15) is 12.4 Å². The van der Waals surface area contributed by atoms with Gasteiger partial charge in [0.2, 0.25) is 0 Å². The topological polar surface area (TPSA) is 63.6 Å². The molecule has 5 aromatic rings. The maximum atomic E-state index is 13.2. The van der Waals surface area contributed by atoms with E-state index in [0.717, 1.165) is 41.3 Å². The molecule has 1 heterocycles. The lowest BCUT2D eigenvalue weighted by Gasteiger charge is -2.12. The molecule has 0 bridgehead atoms. The summed E-state index contributed by atoms with van der Waals surface area (Å²) in [6.45, 7) is 0.291. The van der Waals surface area contributed by atoms with Crippen LogP contribution in [0.2, 0.25) is 10.0 Å². The van der Waals surface area contributed by atoms with Gasteiger partial charge in [0.05, 0.1) is 31.0 Å². The second-order valence-electron chi connectivity index (χ2n) is 8.48. The van der Waals surface area contributed by atoms with E-state index in [-0.39, 0.29) is 5.91 Å². The molecule has 0 aliphatic heterocycles. The Kier molecular flexibility index (Phi) is 8.82. The highest BCUT2D eigenvalue weighted by Gasteiger charge is 2.14. The minimum atomic E-state index is -0.324. The van der Waals surface area contributed by atoms with Crippen LogP contribution in [0.25, 0.3) is 22.2 Å². The summed E-state index contributed by atoms with van der Waals surface area (Å²) in [4.78, 5) is 17.9. The molecule has 0 fully saturated rings. The number of halogens is 4. The number of nitrogens with one attached hydrogen (secondary N) is 1. The van der Waals surface area contributed by atoms with Gasteiger partial charge in [-0.1, -0.05) is 77.8 Å². The normalized spacial score (nSPS) is 11.2. The van der Waals surface area contributed by atoms with E-state index in [0.29, 0.717) is 28.0 Å². The third-order valence-corrected chi connectivity index (χ3v) is 7.80. The highest BCUT2D eigenvalue weighted by Crippen LogP contribution is 2.33. The molecule has 9 heteroatoms. The Morgan fingerprint density at radius 1 is 1.00 bits per heavy atom. The van der Waals surface area contributed by atoms with Crippen LogP contribution in [0.3, 0.4) is 0 Å². The second kappa shape index (κ2) is 12.5. The molecule has 5 nitrogen and oxygen atoms in total. The van der Waals surface area contributed by atoms with Crippen LogP contribution in [-0.2, 0) is 6.61 Å². The monoisotopic (exact) mass is 729 g/mol. The fraction of sp³-hybridized carbons (Fsp3) is 0.0333. The molecule has 0 aliphatic carbocycles. The number of fused-ring (bicyclic) bond motifs is 1. The molecule has 0 saturated carbocycles. The number of ether oxygens (including phenoxy) is 1. The van der Waals surface area contributed by atoms with Gasteiger partial charge in [0.15, 0.2) is 0 Å². The predicted octanol–water partition coefficient (Wildman–Crippen LogP) is 8.92. The molecular formula is C30H19BrCl2IN3O2. The summed E-state index contributed by atoms with van der Waals surface area (Å²) < 4.78 is 7.63. The van der Waals surface area contributed by atoms with Gasteiger partial charge in [0, 0.05) is 26.6 Å². The molecule has 1 amide bonds. The number of carbonyl (C=O) groups is 1. The molecule has 0 aliphatic rings. The number of hydrogen-bond donors (Lipinski definition) is 1. The zero-order valence-corrected chi connectivity index (χ0v) is 25.4. The summed E-state index contributed by atoms with van der Waals surface area (Å²) in [6, 6.07) is 28.2. The molecule has 1 aromatic heterocycles. The van der Waals surface area contributed by atoms with E-state index in [1.165, 1.54) is 0 Å². The maximum Gasteiger partial charge on any atom is 0.272 e. The fourth-order valence-corrected chi connectivity index (χ4v) is 6.16. The Labute approximate surface area is 257 Å². The molecule has 39 heavy (non-hydrogen) atoms. The fourth-order valence-electron chi connectivity index (χ4n) is 3.93. The Balaban J connectivity index is 1.33. The van der Waals surface area contributed by atoms with Crippen LogP contribution < -0.4 is 10.2 Å². The lowest BCUT2D eigenvalue weighted by molar-refractivity contribution is 0.0956. The molecule has 0 saturated heterocycles. The van der Waals surface area contributed by atoms with E-state index in [1.807, 2.05) is 72.8 Å². The molecule has 4 aromatic carbocycles. The van der Waals surface area contributed by atoms with Crippen molar-refractivity contribution in [3.05, 3.63) is 126 Å². The summed E-state index contributed by atoms with van der Waals surface area (Å²) in [5.41, 5.74) is 7.16. The summed E-state index contributed by atoms with van der Waals surface area (Å²) >= 11 is 18.0. The summed E-state index contributed by atoms with van der Waals surface area (Å²) in [6.07, 6.45) is 1.59. The third-order valence-electron chi connectivity index (χ3n) is 5.82. The van der Waals surface area contributed by atoms with E-state index >= 15 is 0 Å². The molecule has 0 radical (unpaired) electrons. The van der Waals surface area contributed by atoms with E-state index in [2.05, 4.69) is 49.0 Å². The number of amides is 1. The van der Waals surface area contributed by atoms with Crippen LogP contribution in [0.5, 0.6) is 5.75 Å². The van der Waals surface area contributed by atoms with Crippen molar-refractivity contribution in [1.82, 2.24) is 10.4 Å². The first-order chi connectivity index (χ1) is 18.9. The van der Waals surface area contributed by atoms with Crippen LogP contribution in [-0.4, -0.2) is 17.1 Å². The lowest BCUT2D eigenvalue weighted by Crippen LogP contribution is -2.18. The average Bonchev–Trinajstić information content (AvgIpc) is 2.93. The van der Waals surface area contributed by atoms with Crippen molar-refractivity contribution >= 4 is 84.7 Å². The Morgan fingerprint density at radius 3 is 2.54 bits per heavy atom. The van der Waals surface area contributed by atoms with Crippen LogP contribution >= 0.6 is 61.7 Å². The van der Waals surface area contributed by atoms with Crippen molar-refractivity contribution in [2.45, 2.75) is 6.61 Å². The van der Waals surface area contributed by atoms with E-state index in [9.17, 15) is 4.79 Å². The third kappa shape index (κ3) is 6.61. The lowest BCUT2D eigenvalue weighted by atomic mass is 10.0. The van der Waals surface area contributed by atoms with Gasteiger partial charge in [0.25, 0.3) is 5.91 Å². The van der Waals surface area contributed by atoms with Crippen molar-refractivity contribution in [2.75, 3.05) is 0 Å². The molecular weight excluding hydrogens is 712 g/mol. The number of hydrogen-bond acceptors (Lipinski definition) is 4. The zero-order chi connectivity index (χ0) is 27.4. The van der Waals surface area contributed by atoms with E-state index in [4.69, 9.17) is 32.9 Å². The zero-order valence-electron chi connectivity index (χ0n) is 20.2. The van der Waals surface area contributed by atoms with Crippen molar-refractivity contribution in [3.8, 4) is 17.0 Å². The number of nitrogens with zero attached hydrogens (tertiary/aromatic N) is 2. The van der Waals surface area contributed by atoms with Gasteiger partial charge in [-0.25, -0.2) is 10.4 Å². The van der Waals surface area contributed by atoms with Crippen LogP contribution in [0, 0.1) is 3.57 Å². The largest absolute Gasteiger partial charge is 0.487 e. The van der Waals surface area contributed by atoms with Crippen LogP contribution in [0.4, 0.5) is 0 Å². The molecule has 0 unspecified atom stereocenters. The van der Waals surface area contributed by atoms with Gasteiger partial charge < -0.3 is 4.74 Å². The standard InChI is InChI=1S/C30H19BrCl2IN3O2/c31-24-12-18(13-26(34)29(24)39-17-20-10-11-21(32)14-25(20)33)16-35-37-30(38)23-15-28(19-6-2-1-3-7-19)36-27-9-5-4-8-22(23)27/h1-16H,17H2,(H,37,38)/b35-16+. The molecule has 0 atom stereocenters. The van der Waals surface area contributed by atoms with E-state index in [1.54, 1.807) is 24.4 Å². The Morgan fingerprint density at radius 2 is 1.77 bits per heavy atom. The molecule has 194 valence electrons. The minimum Gasteiger partial charge on any atom is -0.487 e. The predicted molar refractivity (Wildman–Crippen MR) is 170 cm³/mol. The first kappa shape index (κ1) is 27.6. The van der Waals surface area contributed by atoms with Gasteiger partial charge in [-0.3, -0.25) is 4.79 Å². The number of carbonyl (C=O) groups excluding carboxylic acids is 1. The Hall–Kier alpha value is -2.98. The quantitative estimate of drug-likeness (QED) is 0.103. The summed E-state index contributed by atoms with van der Waals surface area (Å²) in [5, 5.41) is 6.09. The van der Waals surface area contributed by atoms with Crippen LogP contribution in [0.1, 0.15) is 21.5 Å². The number of rotatable bonds is 7. The van der Waals surface area contributed by atoms with Gasteiger partial charge in [-0.05, 0) is 80.5 Å². The van der Waals surface area contributed by atoms with E-state index < -0.39 is 0 Å². The van der Waals surface area contributed by atoms with Crippen molar-refractivity contribution in [3.63, 3.8) is 0 Å². The van der Waals surface area contributed by atoms with Gasteiger partial charge >= 0.3 is 0 Å². The first-order valence-corrected chi connectivity index (χ1v) is 14.4.